The van der Waals surface area contributed by atoms with Gasteiger partial charge < -0.3 is 14.9 Å². The Morgan fingerprint density at radius 2 is 1.91 bits per heavy atom. The number of hydrogen-bond donors (Lipinski definition) is 2. The van der Waals surface area contributed by atoms with Gasteiger partial charge >= 0.3 is 0 Å². The van der Waals surface area contributed by atoms with Gasteiger partial charge in [0.15, 0.2) is 11.5 Å². The van der Waals surface area contributed by atoms with Gasteiger partial charge in [-0.25, -0.2) is 4.39 Å². The molecule has 0 bridgehead atoms. The van der Waals surface area contributed by atoms with Crippen LogP contribution in [0.1, 0.15) is 36.2 Å². The van der Waals surface area contributed by atoms with Crippen LogP contribution in [0, 0.1) is 5.82 Å². The maximum absolute atomic E-state index is 12.9. The fourth-order valence-electron chi connectivity index (χ4n) is 2.61. The molecule has 1 fully saturated rings. The maximum Gasteiger partial charge on any atom is 0.273 e. The molecule has 1 amide bonds. The Hall–Kier alpha value is -2.21. The molecular formula is C16H17FN2O3. The minimum atomic E-state index is -0.333. The number of nitrogens with zero attached hydrogens (tertiary/aromatic N) is 1. The Balaban J connectivity index is 1.65. The van der Waals surface area contributed by atoms with Crippen LogP contribution in [0.25, 0.3) is 11.3 Å². The number of carbonyl (C=O) groups excluding carboxylic acids is 1. The van der Waals surface area contributed by atoms with Crippen molar-refractivity contribution in [3.63, 3.8) is 0 Å². The van der Waals surface area contributed by atoms with Crippen LogP contribution in [0.5, 0.6) is 0 Å². The first-order valence-corrected chi connectivity index (χ1v) is 7.33. The average molecular weight is 304 g/mol. The third kappa shape index (κ3) is 3.33. The van der Waals surface area contributed by atoms with Crippen LogP contribution >= 0.6 is 0 Å². The molecule has 116 valence electrons. The number of hydrogen-bond acceptors (Lipinski definition) is 4. The van der Waals surface area contributed by atoms with Crippen molar-refractivity contribution in [2.75, 3.05) is 0 Å². The van der Waals surface area contributed by atoms with Crippen LogP contribution in [-0.2, 0) is 0 Å². The zero-order valence-electron chi connectivity index (χ0n) is 12.0. The van der Waals surface area contributed by atoms with E-state index in [-0.39, 0.29) is 29.6 Å². The van der Waals surface area contributed by atoms with Crippen LogP contribution in [0.4, 0.5) is 4.39 Å². The number of aliphatic hydroxyl groups excluding tert-OH is 1. The van der Waals surface area contributed by atoms with Gasteiger partial charge in [0.2, 0.25) is 0 Å². The molecule has 1 aliphatic carbocycles. The predicted molar refractivity (Wildman–Crippen MR) is 77.6 cm³/mol. The van der Waals surface area contributed by atoms with Crippen molar-refractivity contribution >= 4 is 5.91 Å². The normalized spacial score (nSPS) is 21.5. The Kier molecular flexibility index (Phi) is 4.20. The van der Waals surface area contributed by atoms with Crippen molar-refractivity contribution in [2.24, 2.45) is 0 Å². The minimum Gasteiger partial charge on any atom is -0.393 e. The topological polar surface area (TPSA) is 75.4 Å². The highest BCUT2D eigenvalue weighted by Gasteiger charge is 2.22. The molecule has 0 unspecified atom stereocenters. The van der Waals surface area contributed by atoms with Crippen molar-refractivity contribution < 1.29 is 18.8 Å². The van der Waals surface area contributed by atoms with Crippen LogP contribution in [-0.4, -0.2) is 28.3 Å². The molecule has 5 nitrogen and oxygen atoms in total. The van der Waals surface area contributed by atoms with Crippen molar-refractivity contribution in [1.82, 2.24) is 10.5 Å². The Labute approximate surface area is 127 Å². The molecule has 1 aliphatic rings. The summed E-state index contributed by atoms with van der Waals surface area (Å²) in [5.41, 5.74) is 0.860. The van der Waals surface area contributed by atoms with Crippen LogP contribution in [0.2, 0.25) is 0 Å². The molecule has 0 saturated heterocycles. The molecule has 0 spiro atoms. The zero-order chi connectivity index (χ0) is 15.5. The number of carbonyl (C=O) groups is 1. The van der Waals surface area contributed by atoms with E-state index in [2.05, 4.69) is 10.5 Å². The molecule has 2 aromatic rings. The monoisotopic (exact) mass is 304 g/mol. The molecule has 1 saturated carbocycles. The maximum atomic E-state index is 12.9. The Morgan fingerprint density at radius 1 is 1.23 bits per heavy atom. The highest BCUT2D eigenvalue weighted by Crippen LogP contribution is 2.22. The van der Waals surface area contributed by atoms with E-state index in [0.717, 1.165) is 12.8 Å². The lowest BCUT2D eigenvalue weighted by atomic mass is 9.93. The van der Waals surface area contributed by atoms with E-state index in [0.29, 0.717) is 24.2 Å². The van der Waals surface area contributed by atoms with Gasteiger partial charge in [-0.05, 0) is 49.9 Å². The fourth-order valence-corrected chi connectivity index (χ4v) is 2.61. The van der Waals surface area contributed by atoms with E-state index in [1.54, 1.807) is 18.2 Å². The highest BCUT2D eigenvalue weighted by atomic mass is 19.1. The van der Waals surface area contributed by atoms with Crippen molar-refractivity contribution in [1.29, 1.82) is 0 Å². The molecule has 3 rings (SSSR count). The SMILES string of the molecule is O=C(NC1CCC(O)CC1)c1cc(-c2ccc(F)cc2)on1. The van der Waals surface area contributed by atoms with Crippen molar-refractivity contribution in [2.45, 2.75) is 37.8 Å². The predicted octanol–water partition coefficient (Wildman–Crippen LogP) is 2.51. The largest absolute Gasteiger partial charge is 0.393 e. The fraction of sp³-hybridized carbons (Fsp3) is 0.375. The number of aromatic nitrogens is 1. The van der Waals surface area contributed by atoms with E-state index in [1.165, 1.54) is 12.1 Å². The van der Waals surface area contributed by atoms with Gasteiger partial charge in [0.25, 0.3) is 5.91 Å². The quantitative estimate of drug-likeness (QED) is 0.913. The number of nitrogens with one attached hydrogen (secondary N) is 1. The molecule has 0 aliphatic heterocycles. The molecule has 0 atom stereocenters. The second kappa shape index (κ2) is 6.27. The molecule has 1 heterocycles. The highest BCUT2D eigenvalue weighted by molar-refractivity contribution is 5.93. The summed E-state index contributed by atoms with van der Waals surface area (Å²) in [5, 5.41) is 16.1. The first kappa shape index (κ1) is 14.7. The smallest absolute Gasteiger partial charge is 0.273 e. The molecule has 1 aromatic heterocycles. The third-order valence-corrected chi connectivity index (χ3v) is 3.90. The minimum absolute atomic E-state index is 0.0573. The van der Waals surface area contributed by atoms with Gasteiger partial charge in [-0.3, -0.25) is 4.79 Å². The van der Waals surface area contributed by atoms with Crippen molar-refractivity contribution in [3.8, 4) is 11.3 Å². The summed E-state index contributed by atoms with van der Waals surface area (Å²) in [6, 6.07) is 7.39. The van der Waals surface area contributed by atoms with Gasteiger partial charge in [-0.15, -0.1) is 0 Å². The zero-order valence-corrected chi connectivity index (χ0v) is 12.0. The summed E-state index contributed by atoms with van der Waals surface area (Å²) >= 11 is 0. The summed E-state index contributed by atoms with van der Waals surface area (Å²) in [5.74, 6) is -0.205. The average Bonchev–Trinajstić information content (AvgIpc) is 3.00. The molecule has 0 radical (unpaired) electrons. The second-order valence-corrected chi connectivity index (χ2v) is 5.56. The molecule has 6 heteroatoms. The second-order valence-electron chi connectivity index (χ2n) is 5.56. The molecular weight excluding hydrogens is 287 g/mol. The number of benzene rings is 1. The van der Waals surface area contributed by atoms with Crippen LogP contribution < -0.4 is 5.32 Å². The van der Waals surface area contributed by atoms with Crippen molar-refractivity contribution in [3.05, 3.63) is 41.8 Å². The number of rotatable bonds is 3. The van der Waals surface area contributed by atoms with E-state index in [1.807, 2.05) is 0 Å². The summed E-state index contributed by atoms with van der Waals surface area (Å²) < 4.78 is 18.0. The van der Waals surface area contributed by atoms with Gasteiger partial charge in [0.05, 0.1) is 6.10 Å². The van der Waals surface area contributed by atoms with Gasteiger partial charge in [-0.2, -0.15) is 0 Å². The lowest BCUT2D eigenvalue weighted by molar-refractivity contribution is 0.0859. The van der Waals surface area contributed by atoms with Gasteiger partial charge in [0, 0.05) is 17.7 Å². The third-order valence-electron chi connectivity index (χ3n) is 3.90. The van der Waals surface area contributed by atoms with Gasteiger partial charge in [0.1, 0.15) is 5.82 Å². The van der Waals surface area contributed by atoms with Gasteiger partial charge in [-0.1, -0.05) is 5.16 Å². The lowest BCUT2D eigenvalue weighted by Crippen LogP contribution is -2.38. The molecule has 1 aromatic carbocycles. The Morgan fingerprint density at radius 3 is 2.59 bits per heavy atom. The van der Waals surface area contributed by atoms with E-state index in [4.69, 9.17) is 4.52 Å². The number of halogens is 1. The van der Waals surface area contributed by atoms with Crippen LogP contribution in [0.3, 0.4) is 0 Å². The first-order chi connectivity index (χ1) is 10.6. The lowest BCUT2D eigenvalue weighted by Gasteiger charge is -2.25. The molecule has 2 N–H and O–H groups in total. The Bertz CT molecular complexity index is 646. The van der Waals surface area contributed by atoms with E-state index < -0.39 is 0 Å². The first-order valence-electron chi connectivity index (χ1n) is 7.33. The summed E-state index contributed by atoms with van der Waals surface area (Å²) in [6.45, 7) is 0. The summed E-state index contributed by atoms with van der Waals surface area (Å²) in [4.78, 5) is 12.1. The standard InChI is InChI=1S/C16H17FN2O3/c17-11-3-1-10(2-4-11)15-9-14(19-22-15)16(21)18-12-5-7-13(20)8-6-12/h1-4,9,12-13,20H,5-8H2,(H,18,21). The number of amides is 1. The van der Waals surface area contributed by atoms with E-state index >= 15 is 0 Å². The summed E-state index contributed by atoms with van der Waals surface area (Å²) in [7, 11) is 0. The number of aliphatic hydroxyl groups is 1. The summed E-state index contributed by atoms with van der Waals surface area (Å²) in [6.07, 6.45) is 2.66. The van der Waals surface area contributed by atoms with E-state index in [9.17, 15) is 14.3 Å². The van der Waals surface area contributed by atoms with Crippen LogP contribution in [0.15, 0.2) is 34.9 Å². The molecule has 22 heavy (non-hydrogen) atoms.